The molecule has 0 saturated carbocycles. The van der Waals surface area contributed by atoms with E-state index in [1.54, 1.807) is 19.1 Å². The highest BCUT2D eigenvalue weighted by molar-refractivity contribution is 5.82. The van der Waals surface area contributed by atoms with Gasteiger partial charge in [0.15, 0.2) is 5.78 Å². The van der Waals surface area contributed by atoms with E-state index in [1.165, 1.54) is 13.2 Å². The fourth-order valence-electron chi connectivity index (χ4n) is 1.26. The Balaban J connectivity index is 2.68. The summed E-state index contributed by atoms with van der Waals surface area (Å²) in [6, 6.07) is 4.68. The molecule has 0 bridgehead atoms. The first kappa shape index (κ1) is 10.9. The molecule has 1 aromatic carbocycles. The van der Waals surface area contributed by atoms with Crippen LogP contribution in [0, 0.1) is 12.7 Å². The van der Waals surface area contributed by atoms with Gasteiger partial charge < -0.3 is 4.74 Å². The molecule has 2 nitrogen and oxygen atoms in total. The number of carbonyl (C=O) groups is 1. The molecule has 0 N–H and O–H groups in total. The normalized spacial score (nSPS) is 10.2. The SMILES string of the molecule is COCC(=O)Cc1ccc(F)c(C)c1. The molecule has 0 unspecified atom stereocenters. The molecule has 76 valence electrons. The van der Waals surface area contributed by atoms with Crippen LogP contribution >= 0.6 is 0 Å². The van der Waals surface area contributed by atoms with Gasteiger partial charge >= 0.3 is 0 Å². The molecular weight excluding hydrogens is 183 g/mol. The summed E-state index contributed by atoms with van der Waals surface area (Å²) in [7, 11) is 1.48. The van der Waals surface area contributed by atoms with Crippen LogP contribution in [0.25, 0.3) is 0 Å². The summed E-state index contributed by atoms with van der Waals surface area (Å²) >= 11 is 0. The Kier molecular flexibility index (Phi) is 3.77. The summed E-state index contributed by atoms with van der Waals surface area (Å²) in [5, 5.41) is 0. The Hall–Kier alpha value is -1.22. The highest BCUT2D eigenvalue weighted by Crippen LogP contribution is 2.09. The molecule has 0 heterocycles. The Morgan fingerprint density at radius 1 is 1.50 bits per heavy atom. The average molecular weight is 196 g/mol. The van der Waals surface area contributed by atoms with Gasteiger partial charge in [-0.3, -0.25) is 4.79 Å². The summed E-state index contributed by atoms with van der Waals surface area (Å²) < 4.78 is 17.6. The van der Waals surface area contributed by atoms with Gasteiger partial charge in [-0.05, 0) is 24.1 Å². The predicted octanol–water partition coefficient (Wildman–Crippen LogP) is 1.89. The van der Waals surface area contributed by atoms with Gasteiger partial charge in [0.05, 0.1) is 0 Å². The van der Waals surface area contributed by atoms with Crippen molar-refractivity contribution in [1.82, 2.24) is 0 Å². The molecule has 0 fully saturated rings. The van der Waals surface area contributed by atoms with Gasteiger partial charge in [-0.15, -0.1) is 0 Å². The minimum atomic E-state index is -0.243. The van der Waals surface area contributed by atoms with Crippen LogP contribution in [-0.2, 0) is 16.0 Å². The minimum Gasteiger partial charge on any atom is -0.377 e. The Morgan fingerprint density at radius 2 is 2.21 bits per heavy atom. The number of ether oxygens (including phenoxy) is 1. The molecule has 1 rings (SSSR count). The number of halogens is 1. The summed E-state index contributed by atoms with van der Waals surface area (Å²) in [4.78, 5) is 11.2. The molecule has 0 atom stereocenters. The molecule has 0 radical (unpaired) electrons. The van der Waals surface area contributed by atoms with E-state index >= 15 is 0 Å². The van der Waals surface area contributed by atoms with Crippen LogP contribution in [0.5, 0.6) is 0 Å². The quantitative estimate of drug-likeness (QED) is 0.735. The third-order valence-corrected chi connectivity index (χ3v) is 1.93. The van der Waals surface area contributed by atoms with Gasteiger partial charge in [0.1, 0.15) is 12.4 Å². The van der Waals surface area contributed by atoms with Gasteiger partial charge in [-0.2, -0.15) is 0 Å². The van der Waals surface area contributed by atoms with Gasteiger partial charge in [-0.1, -0.05) is 12.1 Å². The summed E-state index contributed by atoms with van der Waals surface area (Å²) in [6.45, 7) is 1.79. The maximum absolute atomic E-state index is 12.9. The number of Topliss-reactive ketones (excluding diaryl/α,β-unsaturated/α-hetero) is 1. The molecule has 0 aliphatic heterocycles. The fraction of sp³-hybridized carbons (Fsp3) is 0.364. The van der Waals surface area contributed by atoms with Crippen LogP contribution < -0.4 is 0 Å². The topological polar surface area (TPSA) is 26.3 Å². The lowest BCUT2D eigenvalue weighted by atomic mass is 10.1. The number of aryl methyl sites for hydroxylation is 1. The zero-order valence-corrected chi connectivity index (χ0v) is 8.34. The van der Waals surface area contributed by atoms with Crippen LogP contribution in [0.15, 0.2) is 18.2 Å². The Morgan fingerprint density at radius 3 is 2.79 bits per heavy atom. The molecule has 0 aromatic heterocycles. The molecule has 1 aromatic rings. The zero-order chi connectivity index (χ0) is 10.6. The van der Waals surface area contributed by atoms with Crippen LogP contribution in [0.2, 0.25) is 0 Å². The van der Waals surface area contributed by atoms with Crippen LogP contribution in [-0.4, -0.2) is 19.5 Å². The smallest absolute Gasteiger partial charge is 0.162 e. The van der Waals surface area contributed by atoms with Gasteiger partial charge in [0, 0.05) is 13.5 Å². The Bertz CT molecular complexity index is 334. The second kappa shape index (κ2) is 4.86. The standard InChI is InChI=1S/C11H13FO2/c1-8-5-9(3-4-11(8)12)6-10(13)7-14-2/h3-5H,6-7H2,1-2H3. The monoisotopic (exact) mass is 196 g/mol. The number of benzene rings is 1. The highest BCUT2D eigenvalue weighted by Gasteiger charge is 2.04. The van der Waals surface area contributed by atoms with Crippen molar-refractivity contribution in [2.24, 2.45) is 0 Å². The number of methoxy groups -OCH3 is 1. The summed E-state index contributed by atoms with van der Waals surface area (Å²) in [5.41, 5.74) is 1.39. The van der Waals surface area contributed by atoms with E-state index in [9.17, 15) is 9.18 Å². The molecule has 0 spiro atoms. The molecule has 0 saturated heterocycles. The van der Waals surface area contributed by atoms with Crippen molar-refractivity contribution in [3.05, 3.63) is 35.1 Å². The minimum absolute atomic E-state index is 0.00138. The van der Waals surface area contributed by atoms with Crippen molar-refractivity contribution in [3.63, 3.8) is 0 Å². The third-order valence-electron chi connectivity index (χ3n) is 1.93. The first-order chi connectivity index (χ1) is 6.63. The third kappa shape index (κ3) is 2.92. The van der Waals surface area contributed by atoms with Crippen LogP contribution in [0.4, 0.5) is 4.39 Å². The van der Waals surface area contributed by atoms with Crippen molar-refractivity contribution < 1.29 is 13.9 Å². The van der Waals surface area contributed by atoms with Gasteiger partial charge in [0.2, 0.25) is 0 Å². The Labute approximate surface area is 82.7 Å². The van der Waals surface area contributed by atoms with E-state index in [0.29, 0.717) is 12.0 Å². The number of hydrogen-bond acceptors (Lipinski definition) is 2. The second-order valence-corrected chi connectivity index (χ2v) is 3.23. The first-order valence-electron chi connectivity index (χ1n) is 4.39. The molecular formula is C11H13FO2. The van der Waals surface area contributed by atoms with Crippen LogP contribution in [0.1, 0.15) is 11.1 Å². The molecule has 0 aliphatic rings. The highest BCUT2D eigenvalue weighted by atomic mass is 19.1. The molecule has 3 heteroatoms. The van der Waals surface area contributed by atoms with E-state index in [0.717, 1.165) is 5.56 Å². The van der Waals surface area contributed by atoms with Crippen LogP contribution in [0.3, 0.4) is 0 Å². The van der Waals surface area contributed by atoms with E-state index in [2.05, 4.69) is 0 Å². The zero-order valence-electron chi connectivity index (χ0n) is 8.34. The van der Waals surface area contributed by atoms with Crippen molar-refractivity contribution in [1.29, 1.82) is 0 Å². The first-order valence-corrected chi connectivity index (χ1v) is 4.39. The van der Waals surface area contributed by atoms with E-state index in [-0.39, 0.29) is 18.2 Å². The van der Waals surface area contributed by atoms with Gasteiger partial charge in [-0.25, -0.2) is 4.39 Å². The second-order valence-electron chi connectivity index (χ2n) is 3.23. The van der Waals surface area contributed by atoms with E-state index in [4.69, 9.17) is 4.74 Å². The van der Waals surface area contributed by atoms with E-state index < -0.39 is 0 Å². The predicted molar refractivity (Wildman–Crippen MR) is 51.7 cm³/mol. The number of ketones is 1. The summed E-state index contributed by atoms with van der Waals surface area (Å²) in [5.74, 6) is -0.244. The largest absolute Gasteiger partial charge is 0.377 e. The molecule has 0 aliphatic carbocycles. The van der Waals surface area contributed by atoms with Crippen molar-refractivity contribution in [3.8, 4) is 0 Å². The molecule has 0 amide bonds. The maximum Gasteiger partial charge on any atom is 0.162 e. The maximum atomic E-state index is 12.9. The van der Waals surface area contributed by atoms with Crippen molar-refractivity contribution in [2.75, 3.05) is 13.7 Å². The fourth-order valence-corrected chi connectivity index (χ4v) is 1.26. The average Bonchev–Trinajstić information content (AvgIpc) is 2.12. The lowest BCUT2D eigenvalue weighted by molar-refractivity contribution is -0.121. The number of carbonyl (C=O) groups excluding carboxylic acids is 1. The van der Waals surface area contributed by atoms with E-state index in [1.807, 2.05) is 0 Å². The lowest BCUT2D eigenvalue weighted by Crippen LogP contribution is -2.09. The van der Waals surface area contributed by atoms with Gasteiger partial charge in [0.25, 0.3) is 0 Å². The van der Waals surface area contributed by atoms with Crippen molar-refractivity contribution >= 4 is 5.78 Å². The number of rotatable bonds is 4. The van der Waals surface area contributed by atoms with Crippen molar-refractivity contribution in [2.45, 2.75) is 13.3 Å². The number of hydrogen-bond donors (Lipinski definition) is 0. The summed E-state index contributed by atoms with van der Waals surface area (Å²) in [6.07, 6.45) is 0.301. The lowest BCUT2D eigenvalue weighted by Gasteiger charge is -2.02. The molecule has 14 heavy (non-hydrogen) atoms.